The maximum Gasteiger partial charge on any atom is 0.144 e. The maximum atomic E-state index is 14.1. The zero-order valence-corrected chi connectivity index (χ0v) is 14.3. The van der Waals surface area contributed by atoms with Crippen molar-refractivity contribution in [3.05, 3.63) is 33.8 Å². The lowest BCUT2D eigenvalue weighted by Crippen LogP contribution is -2.50. The Hall–Kier alpha value is -0.520. The second-order valence-corrected chi connectivity index (χ2v) is 6.65. The molecule has 1 N–H and O–H groups in total. The van der Waals surface area contributed by atoms with Crippen LogP contribution >= 0.6 is 15.9 Å². The fourth-order valence-electron chi connectivity index (χ4n) is 3.02. The zero-order valence-electron chi connectivity index (χ0n) is 12.7. The van der Waals surface area contributed by atoms with Gasteiger partial charge in [0.1, 0.15) is 11.6 Å². The summed E-state index contributed by atoms with van der Waals surface area (Å²) >= 11 is 3.14. The molecular weight excluding hydrogens is 338 g/mol. The van der Waals surface area contributed by atoms with Gasteiger partial charge in [-0.25, -0.2) is 8.78 Å². The largest absolute Gasteiger partial charge is 0.310 e. The Balaban J connectivity index is 2.20. The summed E-state index contributed by atoms with van der Waals surface area (Å²) in [5, 5.41) is 3.61. The van der Waals surface area contributed by atoms with Crippen LogP contribution in [-0.4, -0.2) is 30.1 Å². The molecule has 1 fully saturated rings. The van der Waals surface area contributed by atoms with Crippen molar-refractivity contribution in [1.29, 1.82) is 0 Å². The summed E-state index contributed by atoms with van der Waals surface area (Å²) in [6.07, 6.45) is 3.03. The molecule has 1 saturated heterocycles. The molecule has 0 saturated carbocycles. The van der Waals surface area contributed by atoms with Crippen molar-refractivity contribution in [2.45, 2.75) is 45.2 Å². The van der Waals surface area contributed by atoms with Crippen molar-refractivity contribution < 1.29 is 8.78 Å². The van der Waals surface area contributed by atoms with Crippen LogP contribution in [0.3, 0.4) is 0 Å². The molecule has 0 bridgehead atoms. The number of hydrogen-bond donors (Lipinski definition) is 1. The number of nitrogens with zero attached hydrogens (tertiary/aromatic N) is 1. The van der Waals surface area contributed by atoms with E-state index in [4.69, 9.17) is 0 Å². The molecule has 5 heteroatoms. The van der Waals surface area contributed by atoms with Crippen LogP contribution in [0.5, 0.6) is 0 Å². The molecule has 0 aromatic heterocycles. The van der Waals surface area contributed by atoms with Gasteiger partial charge in [-0.1, -0.05) is 13.8 Å². The molecule has 0 atom stereocenters. The third kappa shape index (κ3) is 3.82. The van der Waals surface area contributed by atoms with Gasteiger partial charge >= 0.3 is 0 Å². The van der Waals surface area contributed by atoms with Gasteiger partial charge in [0.15, 0.2) is 0 Å². The number of halogens is 3. The maximum absolute atomic E-state index is 14.1. The highest BCUT2D eigenvalue weighted by atomic mass is 79.9. The van der Waals surface area contributed by atoms with E-state index in [0.29, 0.717) is 11.0 Å². The standard InChI is InChI=1S/C16H23BrF2N2/c1-3-16(4-2)11-21(9-5-8-20-16)10-12-14(18)7-6-13(17)15(12)19/h6-7,20H,3-5,8-11H2,1-2H3. The molecule has 1 heterocycles. The van der Waals surface area contributed by atoms with Crippen molar-refractivity contribution in [2.24, 2.45) is 0 Å². The van der Waals surface area contributed by atoms with E-state index in [1.807, 2.05) is 0 Å². The van der Waals surface area contributed by atoms with Crippen molar-refractivity contribution in [1.82, 2.24) is 10.2 Å². The van der Waals surface area contributed by atoms with E-state index in [9.17, 15) is 8.78 Å². The van der Waals surface area contributed by atoms with Crippen molar-refractivity contribution in [3.63, 3.8) is 0 Å². The van der Waals surface area contributed by atoms with Gasteiger partial charge in [0.25, 0.3) is 0 Å². The number of benzene rings is 1. The monoisotopic (exact) mass is 360 g/mol. The number of nitrogens with one attached hydrogen (secondary N) is 1. The summed E-state index contributed by atoms with van der Waals surface area (Å²) in [7, 11) is 0. The molecule has 1 aliphatic rings. The smallest absolute Gasteiger partial charge is 0.144 e. The molecule has 1 aromatic rings. The van der Waals surface area contributed by atoms with Crippen molar-refractivity contribution in [3.8, 4) is 0 Å². The van der Waals surface area contributed by atoms with Crippen LogP contribution in [0, 0.1) is 11.6 Å². The van der Waals surface area contributed by atoms with E-state index in [1.54, 1.807) is 0 Å². The minimum atomic E-state index is -0.481. The summed E-state index contributed by atoms with van der Waals surface area (Å²) < 4.78 is 28.4. The first-order valence-electron chi connectivity index (χ1n) is 7.61. The van der Waals surface area contributed by atoms with E-state index in [2.05, 4.69) is 40.0 Å². The molecule has 0 spiro atoms. The van der Waals surface area contributed by atoms with Crippen LogP contribution in [0.15, 0.2) is 16.6 Å². The molecule has 2 nitrogen and oxygen atoms in total. The fourth-order valence-corrected chi connectivity index (χ4v) is 3.39. The lowest BCUT2D eigenvalue weighted by molar-refractivity contribution is 0.187. The number of hydrogen-bond acceptors (Lipinski definition) is 2. The Bertz CT molecular complexity index is 489. The van der Waals surface area contributed by atoms with Crippen molar-refractivity contribution >= 4 is 15.9 Å². The summed E-state index contributed by atoms with van der Waals surface area (Å²) in [6, 6.07) is 2.74. The van der Waals surface area contributed by atoms with Gasteiger partial charge in [-0.2, -0.15) is 0 Å². The van der Waals surface area contributed by atoms with Gasteiger partial charge in [-0.15, -0.1) is 0 Å². The molecule has 0 amide bonds. The van der Waals surface area contributed by atoms with Crippen LogP contribution in [-0.2, 0) is 6.54 Å². The van der Waals surface area contributed by atoms with Gasteiger partial charge in [-0.05, 0) is 60.4 Å². The lowest BCUT2D eigenvalue weighted by atomic mass is 9.92. The molecule has 1 aliphatic heterocycles. The van der Waals surface area contributed by atoms with Crippen molar-refractivity contribution in [2.75, 3.05) is 19.6 Å². The Kier molecular flexibility index (Phi) is 5.74. The molecule has 0 radical (unpaired) electrons. The van der Waals surface area contributed by atoms with Crippen LogP contribution in [0.4, 0.5) is 8.78 Å². The SMILES string of the molecule is CCC1(CC)CN(Cc2c(F)ccc(Br)c2F)CCCN1. The van der Waals surface area contributed by atoms with Crippen LogP contribution in [0.2, 0.25) is 0 Å². The second kappa shape index (κ2) is 7.16. The molecule has 1 aromatic carbocycles. The Morgan fingerprint density at radius 2 is 2.00 bits per heavy atom. The second-order valence-electron chi connectivity index (χ2n) is 5.80. The third-order valence-corrected chi connectivity index (χ3v) is 5.16. The average molecular weight is 361 g/mol. The summed E-state index contributed by atoms with van der Waals surface area (Å²) in [6.45, 7) is 7.30. The topological polar surface area (TPSA) is 15.3 Å². The normalized spacial score (nSPS) is 19.5. The first-order valence-corrected chi connectivity index (χ1v) is 8.40. The highest BCUT2D eigenvalue weighted by Gasteiger charge is 2.31. The van der Waals surface area contributed by atoms with Gasteiger partial charge < -0.3 is 5.32 Å². The Morgan fingerprint density at radius 3 is 2.67 bits per heavy atom. The van der Waals surface area contributed by atoms with Gasteiger partial charge in [0, 0.05) is 24.2 Å². The Labute approximate surface area is 134 Å². The molecule has 2 rings (SSSR count). The van der Waals surface area contributed by atoms with Crippen LogP contribution in [0.1, 0.15) is 38.7 Å². The van der Waals surface area contributed by atoms with E-state index in [1.165, 1.54) is 12.1 Å². The highest BCUT2D eigenvalue weighted by Crippen LogP contribution is 2.25. The minimum Gasteiger partial charge on any atom is -0.310 e. The fraction of sp³-hybridized carbons (Fsp3) is 0.625. The van der Waals surface area contributed by atoms with Gasteiger partial charge in [-0.3, -0.25) is 4.90 Å². The minimum absolute atomic E-state index is 0.0511. The number of rotatable bonds is 4. The van der Waals surface area contributed by atoms with E-state index in [0.717, 1.165) is 38.9 Å². The van der Waals surface area contributed by atoms with Crippen LogP contribution < -0.4 is 5.32 Å². The lowest BCUT2D eigenvalue weighted by Gasteiger charge is -2.35. The summed E-state index contributed by atoms with van der Waals surface area (Å²) in [5.41, 5.74) is 0.211. The predicted octanol–water partition coefficient (Wildman–Crippen LogP) is 4.08. The molecular formula is C16H23BrF2N2. The first-order chi connectivity index (χ1) is 10.0. The van der Waals surface area contributed by atoms with E-state index in [-0.39, 0.29) is 11.1 Å². The molecule has 21 heavy (non-hydrogen) atoms. The van der Waals surface area contributed by atoms with E-state index >= 15 is 0 Å². The van der Waals surface area contributed by atoms with Crippen LogP contribution in [0.25, 0.3) is 0 Å². The predicted molar refractivity (Wildman–Crippen MR) is 85.3 cm³/mol. The highest BCUT2D eigenvalue weighted by molar-refractivity contribution is 9.10. The first kappa shape index (κ1) is 16.8. The summed E-state index contributed by atoms with van der Waals surface area (Å²) in [4.78, 5) is 2.17. The average Bonchev–Trinajstić information content (AvgIpc) is 2.70. The molecule has 0 aliphatic carbocycles. The Morgan fingerprint density at radius 1 is 1.29 bits per heavy atom. The molecule has 118 valence electrons. The van der Waals surface area contributed by atoms with E-state index < -0.39 is 11.6 Å². The summed E-state index contributed by atoms with van der Waals surface area (Å²) in [5.74, 6) is -0.947. The van der Waals surface area contributed by atoms with Gasteiger partial charge in [0.05, 0.1) is 4.47 Å². The molecule has 0 unspecified atom stereocenters. The van der Waals surface area contributed by atoms with Gasteiger partial charge in [0.2, 0.25) is 0 Å². The zero-order chi connectivity index (χ0) is 15.5. The third-order valence-electron chi connectivity index (χ3n) is 4.55. The quantitative estimate of drug-likeness (QED) is 0.813.